The SMILES string of the molecule is CCOc1cc(/C=C(/C#N)C(=O)N(C)C)c(Br)c(Br)c1O. The second-order valence-corrected chi connectivity index (χ2v) is 5.83. The van der Waals surface area contributed by atoms with E-state index in [2.05, 4.69) is 31.9 Å². The molecular formula is C14H14Br2N2O3. The molecule has 0 saturated heterocycles. The van der Waals surface area contributed by atoms with E-state index in [0.717, 1.165) is 0 Å². The highest BCUT2D eigenvalue weighted by Gasteiger charge is 2.17. The molecule has 0 fully saturated rings. The van der Waals surface area contributed by atoms with Crippen LogP contribution in [0.3, 0.4) is 0 Å². The number of rotatable bonds is 4. The summed E-state index contributed by atoms with van der Waals surface area (Å²) in [7, 11) is 3.14. The van der Waals surface area contributed by atoms with Crippen molar-refractivity contribution in [1.82, 2.24) is 4.90 Å². The Hall–Kier alpha value is -1.52. The number of nitrogens with zero attached hydrogens (tertiary/aromatic N) is 2. The van der Waals surface area contributed by atoms with Gasteiger partial charge >= 0.3 is 0 Å². The normalized spacial score (nSPS) is 11.0. The minimum absolute atomic E-state index is 0.0132. The third kappa shape index (κ3) is 3.99. The van der Waals surface area contributed by atoms with Crippen LogP contribution in [0, 0.1) is 11.3 Å². The number of benzene rings is 1. The van der Waals surface area contributed by atoms with Crippen LogP contribution < -0.4 is 4.74 Å². The molecule has 1 amide bonds. The zero-order valence-corrected chi connectivity index (χ0v) is 14.9. The highest BCUT2D eigenvalue weighted by atomic mass is 79.9. The summed E-state index contributed by atoms with van der Waals surface area (Å²) >= 11 is 6.56. The topological polar surface area (TPSA) is 73.6 Å². The van der Waals surface area contributed by atoms with Crippen molar-refractivity contribution in [3.8, 4) is 17.6 Å². The third-order valence-corrected chi connectivity index (χ3v) is 4.69. The lowest BCUT2D eigenvalue weighted by Gasteiger charge is -2.12. The lowest BCUT2D eigenvalue weighted by atomic mass is 10.1. The Balaban J connectivity index is 3.43. The standard InChI is InChI=1S/C14H14Br2N2O3/c1-4-21-10-6-8(11(15)12(16)13(10)19)5-9(7-17)14(20)18(2)3/h5-6,19H,4H2,1-3H3/b9-5-. The number of phenols is 1. The number of phenolic OH excluding ortho intramolecular Hbond substituents is 1. The van der Waals surface area contributed by atoms with Crippen LogP contribution in [-0.2, 0) is 4.79 Å². The van der Waals surface area contributed by atoms with Crippen molar-refractivity contribution in [3.05, 3.63) is 26.1 Å². The fourth-order valence-electron chi connectivity index (χ4n) is 1.52. The number of likely N-dealkylation sites (N-methyl/N-ethyl adjacent to an activating group) is 1. The van der Waals surface area contributed by atoms with Gasteiger partial charge in [0.25, 0.3) is 5.91 Å². The van der Waals surface area contributed by atoms with Gasteiger partial charge in [-0.25, -0.2) is 0 Å². The first-order valence-corrected chi connectivity index (χ1v) is 7.59. The van der Waals surface area contributed by atoms with Crippen LogP contribution in [0.4, 0.5) is 0 Å². The molecule has 5 nitrogen and oxygen atoms in total. The molecule has 0 heterocycles. The molecule has 0 aliphatic carbocycles. The average molecular weight is 418 g/mol. The van der Waals surface area contributed by atoms with Crippen molar-refractivity contribution < 1.29 is 14.6 Å². The Morgan fingerprint density at radius 1 is 1.48 bits per heavy atom. The molecule has 0 unspecified atom stereocenters. The summed E-state index contributed by atoms with van der Waals surface area (Å²) in [5, 5.41) is 19.1. The summed E-state index contributed by atoms with van der Waals surface area (Å²) < 4.78 is 6.26. The number of carbonyl (C=O) groups is 1. The molecule has 1 rings (SSSR count). The van der Waals surface area contributed by atoms with E-state index in [1.807, 2.05) is 6.07 Å². The second-order valence-electron chi connectivity index (χ2n) is 4.24. The Kier molecular flexibility index (Phi) is 6.24. The van der Waals surface area contributed by atoms with Crippen molar-refractivity contribution in [3.63, 3.8) is 0 Å². The molecule has 0 saturated carbocycles. The number of halogens is 2. The zero-order chi connectivity index (χ0) is 16.2. The maximum absolute atomic E-state index is 11.9. The van der Waals surface area contributed by atoms with Crippen molar-refractivity contribution >= 4 is 43.8 Å². The predicted octanol–water partition coefficient (Wildman–Crippen LogP) is 3.31. The smallest absolute Gasteiger partial charge is 0.264 e. The second kappa shape index (κ2) is 7.48. The summed E-state index contributed by atoms with van der Waals surface area (Å²) in [6.45, 7) is 2.17. The number of amides is 1. The van der Waals surface area contributed by atoms with Crippen LogP contribution in [-0.4, -0.2) is 36.6 Å². The highest BCUT2D eigenvalue weighted by Crippen LogP contribution is 2.42. The lowest BCUT2D eigenvalue weighted by molar-refractivity contribution is -0.124. The quantitative estimate of drug-likeness (QED) is 0.602. The van der Waals surface area contributed by atoms with Gasteiger partial charge in [0, 0.05) is 18.6 Å². The molecule has 0 aromatic heterocycles. The van der Waals surface area contributed by atoms with Gasteiger partial charge < -0.3 is 14.7 Å². The van der Waals surface area contributed by atoms with Gasteiger partial charge in [0.05, 0.1) is 11.1 Å². The van der Waals surface area contributed by atoms with Gasteiger partial charge in [0.15, 0.2) is 11.5 Å². The van der Waals surface area contributed by atoms with Gasteiger partial charge in [-0.3, -0.25) is 4.79 Å². The Bertz CT molecular complexity index is 634. The van der Waals surface area contributed by atoms with Crippen LogP contribution in [0.25, 0.3) is 6.08 Å². The van der Waals surface area contributed by atoms with Crippen molar-refractivity contribution in [2.45, 2.75) is 6.92 Å². The average Bonchev–Trinajstić information content (AvgIpc) is 2.46. The summed E-state index contributed by atoms with van der Waals surface area (Å²) in [4.78, 5) is 13.2. The number of hydrogen-bond donors (Lipinski definition) is 1. The summed E-state index contributed by atoms with van der Waals surface area (Å²) in [6, 6.07) is 3.44. The monoisotopic (exact) mass is 416 g/mol. The van der Waals surface area contributed by atoms with Crippen LogP contribution >= 0.6 is 31.9 Å². The number of ether oxygens (including phenoxy) is 1. The van der Waals surface area contributed by atoms with Crippen LogP contribution in [0.15, 0.2) is 20.6 Å². The van der Waals surface area contributed by atoms with E-state index in [9.17, 15) is 9.90 Å². The van der Waals surface area contributed by atoms with E-state index < -0.39 is 5.91 Å². The van der Waals surface area contributed by atoms with Gasteiger partial charge in [-0.2, -0.15) is 5.26 Å². The third-order valence-electron chi connectivity index (χ3n) is 2.53. The molecule has 1 aromatic rings. The number of hydrogen-bond acceptors (Lipinski definition) is 4. The van der Waals surface area contributed by atoms with E-state index in [1.54, 1.807) is 27.1 Å². The minimum Gasteiger partial charge on any atom is -0.503 e. The summed E-state index contributed by atoms with van der Waals surface area (Å²) in [5.41, 5.74) is 0.538. The molecule has 0 atom stereocenters. The van der Waals surface area contributed by atoms with Gasteiger partial charge in [-0.15, -0.1) is 0 Å². The van der Waals surface area contributed by atoms with E-state index >= 15 is 0 Å². The molecule has 1 aromatic carbocycles. The molecule has 112 valence electrons. The van der Waals surface area contributed by atoms with E-state index in [1.165, 1.54) is 11.0 Å². The number of nitriles is 1. The highest BCUT2D eigenvalue weighted by molar-refractivity contribution is 9.13. The molecule has 1 N–H and O–H groups in total. The Morgan fingerprint density at radius 2 is 2.10 bits per heavy atom. The van der Waals surface area contributed by atoms with Crippen LogP contribution in [0.5, 0.6) is 11.5 Å². The first-order chi connectivity index (χ1) is 9.83. The number of aromatic hydroxyl groups is 1. The maximum atomic E-state index is 11.9. The molecule has 21 heavy (non-hydrogen) atoms. The minimum atomic E-state index is -0.397. The van der Waals surface area contributed by atoms with Crippen molar-refractivity contribution in [1.29, 1.82) is 5.26 Å². The van der Waals surface area contributed by atoms with E-state index in [-0.39, 0.29) is 17.1 Å². The van der Waals surface area contributed by atoms with Gasteiger partial charge in [0.1, 0.15) is 11.6 Å². The van der Waals surface area contributed by atoms with E-state index in [4.69, 9.17) is 10.00 Å². The Morgan fingerprint density at radius 3 is 2.57 bits per heavy atom. The number of carbonyl (C=O) groups excluding carboxylic acids is 1. The van der Waals surface area contributed by atoms with Gasteiger partial charge in [0.2, 0.25) is 0 Å². The lowest BCUT2D eigenvalue weighted by Crippen LogP contribution is -2.22. The molecular weight excluding hydrogens is 404 g/mol. The Labute approximate surface area is 140 Å². The molecule has 0 spiro atoms. The fraction of sp³-hybridized carbons (Fsp3) is 0.286. The van der Waals surface area contributed by atoms with Crippen LogP contribution in [0.1, 0.15) is 12.5 Å². The van der Waals surface area contributed by atoms with Crippen LogP contribution in [0.2, 0.25) is 0 Å². The predicted molar refractivity (Wildman–Crippen MR) is 87.0 cm³/mol. The van der Waals surface area contributed by atoms with Crippen molar-refractivity contribution in [2.24, 2.45) is 0 Å². The summed E-state index contributed by atoms with van der Waals surface area (Å²) in [6.07, 6.45) is 1.44. The van der Waals surface area contributed by atoms with Gasteiger partial charge in [-0.05, 0) is 56.5 Å². The largest absolute Gasteiger partial charge is 0.503 e. The molecule has 0 bridgehead atoms. The first-order valence-electron chi connectivity index (χ1n) is 6.00. The first kappa shape index (κ1) is 17.5. The van der Waals surface area contributed by atoms with Crippen molar-refractivity contribution in [2.75, 3.05) is 20.7 Å². The molecule has 0 aliphatic rings. The molecule has 0 aliphatic heterocycles. The summed E-state index contributed by atoms with van der Waals surface area (Å²) in [5.74, 6) is -0.168. The van der Waals surface area contributed by atoms with Gasteiger partial charge in [-0.1, -0.05) is 0 Å². The maximum Gasteiger partial charge on any atom is 0.264 e. The fourth-order valence-corrected chi connectivity index (χ4v) is 2.36. The van der Waals surface area contributed by atoms with E-state index in [0.29, 0.717) is 21.1 Å². The zero-order valence-electron chi connectivity index (χ0n) is 11.8. The molecule has 7 heteroatoms. The molecule has 0 radical (unpaired) electrons.